The number of nitrogen functional groups attached to an aromatic ring is 1. The maximum absolute atomic E-state index is 13.3. The van der Waals surface area contributed by atoms with Gasteiger partial charge in [0, 0.05) is 30.8 Å². The molecule has 2 saturated heterocycles. The summed E-state index contributed by atoms with van der Waals surface area (Å²) >= 11 is 0. The molecular weight excluding hydrogens is 404 g/mol. The highest BCUT2D eigenvalue weighted by Gasteiger charge is 2.40. The van der Waals surface area contributed by atoms with Crippen molar-refractivity contribution >= 4 is 23.4 Å². The molecule has 3 aliphatic rings. The number of nitrogens with zero attached hydrogens (tertiary/aromatic N) is 2. The minimum Gasteiger partial charge on any atom is -0.399 e. The van der Waals surface area contributed by atoms with Crippen LogP contribution in [0.25, 0.3) is 0 Å². The molecule has 2 aromatic carbocycles. The van der Waals surface area contributed by atoms with Crippen molar-refractivity contribution in [3.63, 3.8) is 0 Å². The van der Waals surface area contributed by atoms with E-state index in [1.54, 1.807) is 4.90 Å². The summed E-state index contributed by atoms with van der Waals surface area (Å²) in [5, 5.41) is 2.37. The highest BCUT2D eigenvalue weighted by atomic mass is 16.2. The first-order valence-electron chi connectivity index (χ1n) is 11.3. The summed E-state index contributed by atoms with van der Waals surface area (Å²) in [7, 11) is 0. The quantitative estimate of drug-likeness (QED) is 0.571. The van der Waals surface area contributed by atoms with E-state index < -0.39 is 6.04 Å². The van der Waals surface area contributed by atoms with Crippen molar-refractivity contribution < 1.29 is 14.4 Å². The summed E-state index contributed by atoms with van der Waals surface area (Å²) in [6, 6.07) is 13.6. The summed E-state index contributed by atoms with van der Waals surface area (Å²) in [5.74, 6) is -0.188. The molecule has 0 aromatic heterocycles. The van der Waals surface area contributed by atoms with Crippen LogP contribution in [0.4, 0.5) is 5.69 Å². The number of nitrogens with one attached hydrogen (secondary N) is 1. The van der Waals surface area contributed by atoms with Gasteiger partial charge in [0.2, 0.25) is 11.8 Å². The first-order chi connectivity index (χ1) is 15.5. The maximum Gasteiger partial charge on any atom is 0.255 e. The largest absolute Gasteiger partial charge is 0.399 e. The standard InChI is InChI=1S/C25H28N4O3/c26-20-6-4-16(5-7-20)17-10-12-28(13-11-17)14-18-2-1-3-19-15-29(25(32)23(18)19)21-8-9-22(30)27-24(21)31/h1-7,17,21H,8-15,26H2,(H,27,30,31). The molecule has 3 aliphatic heterocycles. The number of benzene rings is 2. The Morgan fingerprint density at radius 3 is 2.44 bits per heavy atom. The number of carbonyl (C=O) groups is 3. The molecule has 0 bridgehead atoms. The van der Waals surface area contributed by atoms with E-state index in [1.165, 1.54) is 5.56 Å². The molecule has 3 heterocycles. The van der Waals surface area contributed by atoms with Gasteiger partial charge in [-0.25, -0.2) is 0 Å². The minimum atomic E-state index is -0.573. The average Bonchev–Trinajstić information content (AvgIpc) is 3.12. The molecule has 2 fully saturated rings. The summed E-state index contributed by atoms with van der Waals surface area (Å²) in [5.41, 5.74) is 10.7. The van der Waals surface area contributed by atoms with Crippen LogP contribution in [0.2, 0.25) is 0 Å². The van der Waals surface area contributed by atoms with Crippen LogP contribution in [0.3, 0.4) is 0 Å². The van der Waals surface area contributed by atoms with Gasteiger partial charge < -0.3 is 10.6 Å². The molecule has 7 heteroatoms. The Hall–Kier alpha value is -3.19. The number of nitrogens with two attached hydrogens (primary N) is 1. The molecule has 1 atom stereocenters. The normalized spacial score (nSPS) is 22.2. The van der Waals surface area contributed by atoms with Crippen LogP contribution in [0.15, 0.2) is 42.5 Å². The predicted octanol–water partition coefficient (Wildman–Crippen LogP) is 2.41. The molecule has 0 saturated carbocycles. The van der Waals surface area contributed by atoms with Gasteiger partial charge in [0.25, 0.3) is 5.91 Å². The van der Waals surface area contributed by atoms with Gasteiger partial charge in [-0.15, -0.1) is 0 Å². The Balaban J connectivity index is 1.26. The molecule has 3 amide bonds. The van der Waals surface area contributed by atoms with E-state index >= 15 is 0 Å². The van der Waals surface area contributed by atoms with E-state index in [2.05, 4.69) is 22.3 Å². The van der Waals surface area contributed by atoms with Gasteiger partial charge >= 0.3 is 0 Å². The number of hydrogen-bond donors (Lipinski definition) is 2. The van der Waals surface area contributed by atoms with Crippen molar-refractivity contribution in [1.82, 2.24) is 15.1 Å². The monoisotopic (exact) mass is 432 g/mol. The third-order valence-electron chi connectivity index (χ3n) is 7.03. The van der Waals surface area contributed by atoms with Gasteiger partial charge in [-0.1, -0.05) is 30.3 Å². The lowest BCUT2D eigenvalue weighted by atomic mass is 9.89. The van der Waals surface area contributed by atoms with E-state index in [1.807, 2.05) is 30.3 Å². The molecule has 1 unspecified atom stereocenters. The molecule has 166 valence electrons. The maximum atomic E-state index is 13.3. The highest BCUT2D eigenvalue weighted by molar-refractivity contribution is 6.06. The van der Waals surface area contributed by atoms with Crippen LogP contribution in [0, 0.1) is 0 Å². The van der Waals surface area contributed by atoms with E-state index in [-0.39, 0.29) is 24.1 Å². The van der Waals surface area contributed by atoms with Crippen LogP contribution in [0.1, 0.15) is 58.6 Å². The summed E-state index contributed by atoms with van der Waals surface area (Å²) in [6.45, 7) is 3.10. The topological polar surface area (TPSA) is 95.7 Å². The van der Waals surface area contributed by atoms with Crippen LogP contribution in [0.5, 0.6) is 0 Å². The van der Waals surface area contributed by atoms with Crippen LogP contribution >= 0.6 is 0 Å². The number of hydrogen-bond acceptors (Lipinski definition) is 5. The van der Waals surface area contributed by atoms with E-state index in [0.29, 0.717) is 18.9 Å². The number of fused-ring (bicyclic) bond motifs is 1. The first kappa shape index (κ1) is 20.7. The van der Waals surface area contributed by atoms with Gasteiger partial charge in [0.05, 0.1) is 0 Å². The molecule has 0 radical (unpaired) electrons. The highest BCUT2D eigenvalue weighted by Crippen LogP contribution is 2.33. The van der Waals surface area contributed by atoms with Crippen LogP contribution in [-0.4, -0.2) is 46.7 Å². The fourth-order valence-corrected chi connectivity index (χ4v) is 5.26. The van der Waals surface area contributed by atoms with Crippen molar-refractivity contribution in [2.75, 3.05) is 18.8 Å². The second-order valence-corrected chi connectivity index (χ2v) is 9.07. The number of anilines is 1. The molecule has 2 aromatic rings. The average molecular weight is 433 g/mol. The fraction of sp³-hybridized carbons (Fsp3) is 0.400. The van der Waals surface area contributed by atoms with Crippen molar-refractivity contribution in [3.8, 4) is 0 Å². The number of carbonyl (C=O) groups excluding carboxylic acids is 3. The van der Waals surface area contributed by atoms with Crippen molar-refractivity contribution in [2.24, 2.45) is 0 Å². The number of likely N-dealkylation sites (tertiary alicyclic amines) is 1. The summed E-state index contributed by atoms with van der Waals surface area (Å²) in [4.78, 5) is 41.1. The Labute approximate surface area is 187 Å². The number of imide groups is 1. The van der Waals surface area contributed by atoms with Gasteiger partial charge in [-0.05, 0) is 67.1 Å². The molecule has 32 heavy (non-hydrogen) atoms. The van der Waals surface area contributed by atoms with Crippen LogP contribution < -0.4 is 11.1 Å². The predicted molar refractivity (Wildman–Crippen MR) is 121 cm³/mol. The van der Waals surface area contributed by atoms with E-state index in [9.17, 15) is 14.4 Å². The second kappa shape index (κ2) is 8.39. The lowest BCUT2D eigenvalue weighted by molar-refractivity contribution is -0.136. The molecule has 5 rings (SSSR count). The molecule has 0 aliphatic carbocycles. The van der Waals surface area contributed by atoms with Gasteiger partial charge in [0.15, 0.2) is 0 Å². The summed E-state index contributed by atoms with van der Waals surface area (Å²) < 4.78 is 0. The Morgan fingerprint density at radius 2 is 1.72 bits per heavy atom. The molecule has 0 spiro atoms. The zero-order valence-corrected chi connectivity index (χ0v) is 18.0. The van der Waals surface area contributed by atoms with Gasteiger partial charge in [-0.2, -0.15) is 0 Å². The Bertz CT molecular complexity index is 1060. The second-order valence-electron chi connectivity index (χ2n) is 9.07. The Morgan fingerprint density at radius 1 is 0.969 bits per heavy atom. The van der Waals surface area contributed by atoms with E-state index in [0.717, 1.165) is 54.9 Å². The van der Waals surface area contributed by atoms with Crippen LogP contribution in [-0.2, 0) is 22.7 Å². The third kappa shape index (κ3) is 3.88. The van der Waals surface area contributed by atoms with Crippen molar-refractivity contribution in [2.45, 2.75) is 50.7 Å². The van der Waals surface area contributed by atoms with Crippen molar-refractivity contribution in [3.05, 3.63) is 64.7 Å². The zero-order chi connectivity index (χ0) is 22.2. The minimum absolute atomic E-state index is 0.0955. The molecular formula is C25H28N4O3. The number of rotatable bonds is 4. The summed E-state index contributed by atoms with van der Waals surface area (Å²) in [6.07, 6.45) is 2.81. The van der Waals surface area contributed by atoms with Crippen molar-refractivity contribution in [1.29, 1.82) is 0 Å². The molecule has 7 nitrogen and oxygen atoms in total. The zero-order valence-electron chi connectivity index (χ0n) is 18.0. The first-order valence-corrected chi connectivity index (χ1v) is 11.3. The molecule has 3 N–H and O–H groups in total. The number of amides is 3. The smallest absolute Gasteiger partial charge is 0.255 e. The SMILES string of the molecule is Nc1ccc(C2CCN(Cc3cccc4c3C(=O)N(C3CCC(=O)NC3=O)C4)CC2)cc1. The van der Waals surface area contributed by atoms with Gasteiger partial charge in [-0.3, -0.25) is 24.6 Å². The Kier molecular flexibility index (Phi) is 5.43. The lowest BCUT2D eigenvalue weighted by Crippen LogP contribution is -2.52. The van der Waals surface area contributed by atoms with Gasteiger partial charge in [0.1, 0.15) is 6.04 Å². The van der Waals surface area contributed by atoms with E-state index in [4.69, 9.17) is 5.73 Å². The lowest BCUT2D eigenvalue weighted by Gasteiger charge is -2.32. The third-order valence-corrected chi connectivity index (χ3v) is 7.03. The number of piperidine rings is 2. The fourth-order valence-electron chi connectivity index (χ4n) is 5.26.